The van der Waals surface area contributed by atoms with Crippen LogP contribution in [0.2, 0.25) is 0 Å². The molecule has 0 N–H and O–H groups in total. The molecule has 0 aromatic heterocycles. The maximum atomic E-state index is 7.50. The van der Waals surface area contributed by atoms with Crippen LogP contribution in [0.1, 0.15) is 21.1 Å². The van der Waals surface area contributed by atoms with Crippen molar-refractivity contribution in [2.24, 2.45) is 5.92 Å². The van der Waals surface area contributed by atoms with Crippen LogP contribution in [0.4, 0.5) is 0 Å². The van der Waals surface area contributed by atoms with E-state index in [9.17, 15) is 0 Å². The summed E-state index contributed by atoms with van der Waals surface area (Å²) in [4.78, 5) is 0. The molecule has 0 bridgehead atoms. The van der Waals surface area contributed by atoms with E-state index in [-0.39, 0.29) is 12.7 Å². The van der Waals surface area contributed by atoms with Crippen LogP contribution in [0.25, 0.3) is 0 Å². The van der Waals surface area contributed by atoms with Crippen LogP contribution >= 0.6 is 18.7 Å². The molecule has 1 unspecified atom stereocenters. The van der Waals surface area contributed by atoms with Gasteiger partial charge in [0.15, 0.2) is 0 Å². The Balaban J connectivity index is 2.39. The third-order valence-electron chi connectivity index (χ3n) is 2.17. The van der Waals surface area contributed by atoms with Gasteiger partial charge < -0.3 is 9.26 Å². The zero-order chi connectivity index (χ0) is 9.84. The molecular weight excluding hydrogens is 195 g/mol. The first-order chi connectivity index (χ1) is 6.17. The summed E-state index contributed by atoms with van der Waals surface area (Å²) in [5, 5.41) is 0. The van der Waals surface area contributed by atoms with Crippen LogP contribution in [0.15, 0.2) is 0 Å². The van der Waals surface area contributed by atoms with E-state index in [1.807, 2.05) is 0 Å². The first-order valence-corrected chi connectivity index (χ1v) is 6.57. The van der Waals surface area contributed by atoms with Gasteiger partial charge >= 0.3 is 0 Å². The Hall–Kier alpha value is 0.640. The molecule has 1 heterocycles. The third-order valence-corrected chi connectivity index (χ3v) is 4.15. The van der Waals surface area contributed by atoms with Gasteiger partial charge in [0.2, 0.25) is 0 Å². The first kappa shape index (κ1) is 9.21. The molecule has 1 rings (SSSR count). The topological polar surface area (TPSA) is 18.5 Å². The molecule has 4 heteroatoms. The standard InChI is InChI=1S/C8H16ClO2P/c1-3-8-7(4-5-11-8)6-12(9)10-2/h7-8H,3-6H2,1-2H3/t7-,8-,12?/m1/s1/i5T/t5-,7+,8+,12?/m0. The van der Waals surface area contributed by atoms with E-state index < -0.39 is 7.50 Å². The van der Waals surface area contributed by atoms with E-state index in [1.54, 1.807) is 7.11 Å². The summed E-state index contributed by atoms with van der Waals surface area (Å²) in [6, 6.07) is 0. The molecule has 0 saturated carbocycles. The monoisotopic (exact) mass is 212 g/mol. The molecule has 72 valence electrons. The van der Waals surface area contributed by atoms with Crippen molar-refractivity contribution in [3.63, 3.8) is 0 Å². The SMILES string of the molecule is [3H][C@H]1C[C@H](CP(Cl)OC)[C@@H](CC)O1. The van der Waals surface area contributed by atoms with Gasteiger partial charge in [-0.2, -0.15) is 0 Å². The van der Waals surface area contributed by atoms with E-state index in [0.29, 0.717) is 5.92 Å². The Morgan fingerprint density at radius 3 is 3.17 bits per heavy atom. The Kier molecular flexibility index (Phi) is 4.13. The molecule has 1 fully saturated rings. The molecule has 2 nitrogen and oxygen atoms in total. The second-order valence-corrected chi connectivity index (χ2v) is 5.42. The van der Waals surface area contributed by atoms with Crippen LogP contribution in [0.3, 0.4) is 0 Å². The molecule has 1 aliphatic rings. The van der Waals surface area contributed by atoms with Gasteiger partial charge in [0.1, 0.15) is 7.50 Å². The van der Waals surface area contributed by atoms with E-state index in [4.69, 9.17) is 21.9 Å². The minimum Gasteiger partial charge on any atom is -0.378 e. The molecule has 0 aromatic rings. The fourth-order valence-electron chi connectivity index (χ4n) is 1.45. The van der Waals surface area contributed by atoms with E-state index >= 15 is 0 Å². The maximum absolute atomic E-state index is 7.50. The summed E-state index contributed by atoms with van der Waals surface area (Å²) < 4.78 is 18.0. The highest BCUT2D eigenvalue weighted by Crippen LogP contribution is 2.46. The van der Waals surface area contributed by atoms with Crippen molar-refractivity contribution >= 4 is 18.7 Å². The van der Waals surface area contributed by atoms with Gasteiger partial charge in [-0.15, -0.1) is 0 Å². The molecule has 4 atom stereocenters. The van der Waals surface area contributed by atoms with Crippen molar-refractivity contribution in [1.82, 2.24) is 0 Å². The molecule has 0 aromatic carbocycles. The Labute approximate surface area is 81.6 Å². The van der Waals surface area contributed by atoms with Gasteiger partial charge in [-0.1, -0.05) is 18.2 Å². The minimum atomic E-state index is -0.832. The third kappa shape index (κ3) is 2.85. The lowest BCUT2D eigenvalue weighted by molar-refractivity contribution is 0.0916. The van der Waals surface area contributed by atoms with Gasteiger partial charge in [0.05, 0.1) is 7.47 Å². The average molecular weight is 213 g/mol. The van der Waals surface area contributed by atoms with Crippen LogP contribution in [-0.2, 0) is 9.26 Å². The number of halogens is 1. The lowest BCUT2D eigenvalue weighted by atomic mass is 10.0. The summed E-state index contributed by atoms with van der Waals surface area (Å²) in [5.74, 6) is 0.413. The predicted molar refractivity (Wildman–Crippen MR) is 52.8 cm³/mol. The fourth-order valence-corrected chi connectivity index (χ4v) is 2.88. The zero-order valence-electron chi connectivity index (χ0n) is 8.50. The lowest BCUT2D eigenvalue weighted by Crippen LogP contribution is -2.17. The summed E-state index contributed by atoms with van der Waals surface area (Å²) in [7, 11) is 0.801. The van der Waals surface area contributed by atoms with Crippen molar-refractivity contribution in [2.45, 2.75) is 25.9 Å². The molecule has 0 amide bonds. The number of hydrogen-bond donors (Lipinski definition) is 0. The van der Waals surface area contributed by atoms with E-state index in [2.05, 4.69) is 6.92 Å². The first-order valence-electron chi connectivity index (χ1n) is 4.80. The van der Waals surface area contributed by atoms with Crippen molar-refractivity contribution < 1.29 is 10.6 Å². The number of rotatable bonds is 4. The minimum absolute atomic E-state index is 0.210. The van der Waals surface area contributed by atoms with Crippen molar-refractivity contribution in [1.29, 1.82) is 0 Å². The second-order valence-electron chi connectivity index (χ2n) is 2.93. The molecule has 12 heavy (non-hydrogen) atoms. The van der Waals surface area contributed by atoms with E-state index in [1.165, 1.54) is 0 Å². The number of hydrogen-bond acceptors (Lipinski definition) is 2. The number of ether oxygens (including phenoxy) is 1. The van der Waals surface area contributed by atoms with Crippen molar-refractivity contribution in [2.75, 3.05) is 19.9 Å². The summed E-state index contributed by atoms with van der Waals surface area (Å²) in [6.07, 6.45) is 2.82. The molecule has 1 saturated heterocycles. The van der Waals surface area contributed by atoms with Crippen LogP contribution in [-0.4, -0.2) is 26.0 Å². The van der Waals surface area contributed by atoms with Gasteiger partial charge in [-0.3, -0.25) is 0 Å². The summed E-state index contributed by atoms with van der Waals surface area (Å²) in [6.45, 7) is 1.73. The molecule has 1 aliphatic heterocycles. The second kappa shape index (κ2) is 5.39. The fraction of sp³-hybridized carbons (Fsp3) is 1.00. The Bertz CT molecular complexity index is 161. The average Bonchev–Trinajstić information content (AvgIpc) is 2.46. The summed E-state index contributed by atoms with van der Waals surface area (Å²) in [5.41, 5.74) is 0. The molecular formula is C8H16ClO2P. The molecule has 0 spiro atoms. The van der Waals surface area contributed by atoms with Crippen molar-refractivity contribution in [3.05, 3.63) is 0 Å². The molecule has 0 aliphatic carbocycles. The van der Waals surface area contributed by atoms with Gasteiger partial charge in [0, 0.05) is 19.9 Å². The van der Waals surface area contributed by atoms with Gasteiger partial charge in [-0.25, -0.2) is 0 Å². The predicted octanol–water partition coefficient (Wildman–Crippen LogP) is 3.00. The highest BCUT2D eigenvalue weighted by Gasteiger charge is 2.28. The highest BCUT2D eigenvalue weighted by molar-refractivity contribution is 7.80. The van der Waals surface area contributed by atoms with Gasteiger partial charge in [0.25, 0.3) is 0 Å². The van der Waals surface area contributed by atoms with Crippen LogP contribution < -0.4 is 0 Å². The quantitative estimate of drug-likeness (QED) is 0.667. The van der Waals surface area contributed by atoms with Gasteiger partial charge in [-0.05, 0) is 18.8 Å². The Morgan fingerprint density at radius 1 is 1.83 bits per heavy atom. The van der Waals surface area contributed by atoms with Crippen LogP contribution in [0, 0.1) is 5.92 Å². The maximum Gasteiger partial charge on any atom is 0.124 e. The Morgan fingerprint density at radius 2 is 2.58 bits per heavy atom. The molecule has 0 radical (unpaired) electrons. The van der Waals surface area contributed by atoms with Crippen molar-refractivity contribution in [3.8, 4) is 0 Å². The normalized spacial score (nSPS) is 39.6. The summed E-state index contributed by atoms with van der Waals surface area (Å²) >= 11 is 5.94. The smallest absolute Gasteiger partial charge is 0.124 e. The highest BCUT2D eigenvalue weighted by atomic mass is 35.7. The lowest BCUT2D eigenvalue weighted by Gasteiger charge is -2.18. The van der Waals surface area contributed by atoms with Crippen LogP contribution in [0.5, 0.6) is 0 Å². The van der Waals surface area contributed by atoms with E-state index in [0.717, 1.165) is 19.0 Å². The zero-order valence-corrected chi connectivity index (χ0v) is 9.15. The largest absolute Gasteiger partial charge is 0.378 e.